The molecular weight excluding hydrogens is 298 g/mol. The molecular formula is C17H11NO5. The number of carbonyl (C=O) groups is 2. The lowest BCUT2D eigenvalue weighted by atomic mass is 10.1. The molecule has 6 heteroatoms. The van der Waals surface area contributed by atoms with E-state index < -0.39 is 17.5 Å². The fourth-order valence-corrected chi connectivity index (χ4v) is 2.29. The molecule has 2 aromatic carbocycles. The average Bonchev–Trinajstić information content (AvgIpc) is 2.53. The molecule has 1 amide bonds. The molecule has 0 atom stereocenters. The zero-order valence-corrected chi connectivity index (χ0v) is 11.8. The van der Waals surface area contributed by atoms with E-state index in [1.165, 1.54) is 6.07 Å². The molecule has 23 heavy (non-hydrogen) atoms. The molecule has 0 aliphatic heterocycles. The highest BCUT2D eigenvalue weighted by atomic mass is 16.4. The molecule has 1 heterocycles. The van der Waals surface area contributed by atoms with Crippen molar-refractivity contribution in [2.24, 2.45) is 0 Å². The van der Waals surface area contributed by atoms with Gasteiger partial charge in [-0.3, -0.25) is 4.79 Å². The van der Waals surface area contributed by atoms with Crippen LogP contribution in [0, 0.1) is 0 Å². The Labute approximate surface area is 129 Å². The molecule has 0 fully saturated rings. The monoisotopic (exact) mass is 309 g/mol. The van der Waals surface area contributed by atoms with Gasteiger partial charge < -0.3 is 14.8 Å². The van der Waals surface area contributed by atoms with Crippen LogP contribution >= 0.6 is 0 Å². The van der Waals surface area contributed by atoms with E-state index in [0.29, 0.717) is 16.7 Å². The second-order valence-corrected chi connectivity index (χ2v) is 4.81. The highest BCUT2D eigenvalue weighted by Crippen LogP contribution is 2.25. The predicted octanol–water partition coefficient (Wildman–Crippen LogP) is 2.53. The van der Waals surface area contributed by atoms with Crippen LogP contribution in [0.4, 0.5) is 5.69 Å². The summed E-state index contributed by atoms with van der Waals surface area (Å²) in [6.07, 6.45) is 1.65. The number of carbonyl (C=O) groups excluding carboxylic acids is 1. The van der Waals surface area contributed by atoms with Crippen LogP contribution in [0.3, 0.4) is 0 Å². The summed E-state index contributed by atoms with van der Waals surface area (Å²) in [6, 6.07) is 12.0. The quantitative estimate of drug-likeness (QED) is 0.440. The number of aliphatic carboxylic acids is 1. The molecule has 3 aromatic rings. The highest BCUT2D eigenvalue weighted by molar-refractivity contribution is 6.07. The van der Waals surface area contributed by atoms with Gasteiger partial charge >= 0.3 is 11.6 Å². The number of nitrogens with one attached hydrogen (secondary N) is 1. The summed E-state index contributed by atoms with van der Waals surface area (Å²) in [5.41, 5.74) is 0.284. The zero-order chi connectivity index (χ0) is 16.4. The van der Waals surface area contributed by atoms with Crippen molar-refractivity contribution in [2.75, 3.05) is 5.32 Å². The van der Waals surface area contributed by atoms with Crippen molar-refractivity contribution in [1.29, 1.82) is 0 Å². The minimum absolute atomic E-state index is 0.341. The van der Waals surface area contributed by atoms with Gasteiger partial charge in [-0.15, -0.1) is 0 Å². The number of hydrogen-bond acceptors (Lipinski definition) is 4. The molecule has 0 aliphatic carbocycles. The van der Waals surface area contributed by atoms with E-state index in [1.54, 1.807) is 24.3 Å². The fourth-order valence-electron chi connectivity index (χ4n) is 2.29. The molecule has 0 spiro atoms. The van der Waals surface area contributed by atoms with Crippen molar-refractivity contribution < 1.29 is 19.1 Å². The van der Waals surface area contributed by atoms with E-state index >= 15 is 0 Å². The minimum atomic E-state index is -1.21. The minimum Gasteiger partial charge on any atom is -0.478 e. The van der Waals surface area contributed by atoms with E-state index in [9.17, 15) is 14.4 Å². The van der Waals surface area contributed by atoms with E-state index in [4.69, 9.17) is 9.52 Å². The number of carboxylic acids is 1. The second-order valence-electron chi connectivity index (χ2n) is 4.81. The first-order valence-electron chi connectivity index (χ1n) is 6.72. The average molecular weight is 309 g/mol. The van der Waals surface area contributed by atoms with E-state index in [2.05, 4.69) is 5.32 Å². The van der Waals surface area contributed by atoms with Gasteiger partial charge in [0.1, 0.15) is 5.58 Å². The third-order valence-corrected chi connectivity index (χ3v) is 3.27. The molecule has 0 bridgehead atoms. The van der Waals surface area contributed by atoms with Gasteiger partial charge in [0.25, 0.3) is 0 Å². The number of benzene rings is 2. The molecule has 0 unspecified atom stereocenters. The largest absolute Gasteiger partial charge is 0.478 e. The maximum atomic E-state index is 12.0. The maximum absolute atomic E-state index is 12.0. The summed E-state index contributed by atoms with van der Waals surface area (Å²) in [5.74, 6) is -1.80. The third kappa shape index (κ3) is 2.96. The number of amides is 1. The summed E-state index contributed by atoms with van der Waals surface area (Å²) in [5, 5.41) is 13.0. The number of fused-ring (bicyclic) bond motifs is 3. The zero-order valence-electron chi connectivity index (χ0n) is 11.8. The summed E-state index contributed by atoms with van der Waals surface area (Å²) in [7, 11) is 0. The first-order valence-corrected chi connectivity index (χ1v) is 6.72. The van der Waals surface area contributed by atoms with Crippen molar-refractivity contribution in [3.05, 3.63) is 65.0 Å². The van der Waals surface area contributed by atoms with Crippen molar-refractivity contribution in [1.82, 2.24) is 0 Å². The van der Waals surface area contributed by atoms with Gasteiger partial charge in [-0.1, -0.05) is 18.2 Å². The lowest BCUT2D eigenvalue weighted by molar-refractivity contribution is -0.131. The van der Waals surface area contributed by atoms with Gasteiger partial charge in [0.15, 0.2) is 0 Å². The second kappa shape index (κ2) is 5.76. The molecule has 1 aromatic heterocycles. The summed E-state index contributed by atoms with van der Waals surface area (Å²) < 4.78 is 5.28. The lowest BCUT2D eigenvalue weighted by Crippen LogP contribution is -2.08. The number of carboxylic acid groups (broad SMARTS) is 1. The van der Waals surface area contributed by atoms with Gasteiger partial charge in [0, 0.05) is 29.3 Å². The van der Waals surface area contributed by atoms with E-state index in [1.807, 2.05) is 12.1 Å². The molecule has 6 nitrogen and oxygen atoms in total. The first kappa shape index (κ1) is 14.5. The Balaban J connectivity index is 2.03. The Morgan fingerprint density at radius 2 is 1.74 bits per heavy atom. The Morgan fingerprint density at radius 3 is 2.48 bits per heavy atom. The standard InChI is InChI=1S/C17H11NO5/c19-15(7-8-16(20)21)18-10-5-6-12-11-3-1-2-4-13(11)17(22)23-14(12)9-10/h1-9H,(H,18,19)(H,20,21)/b8-7-. The van der Waals surface area contributed by atoms with E-state index in [-0.39, 0.29) is 0 Å². The lowest BCUT2D eigenvalue weighted by Gasteiger charge is -2.05. The Hall–Kier alpha value is -3.41. The topological polar surface area (TPSA) is 96.6 Å². The van der Waals surface area contributed by atoms with Crippen LogP contribution in [0.15, 0.2) is 63.8 Å². The van der Waals surface area contributed by atoms with Crippen molar-refractivity contribution in [2.45, 2.75) is 0 Å². The van der Waals surface area contributed by atoms with Crippen LogP contribution in [-0.2, 0) is 9.59 Å². The molecule has 0 saturated heterocycles. The molecule has 0 radical (unpaired) electrons. The Morgan fingerprint density at radius 1 is 1.00 bits per heavy atom. The number of anilines is 1. The number of hydrogen-bond donors (Lipinski definition) is 2. The SMILES string of the molecule is O=C(O)/C=C\C(=O)Nc1ccc2c(c1)oc(=O)c1ccccc12. The third-order valence-electron chi connectivity index (χ3n) is 3.27. The van der Waals surface area contributed by atoms with Gasteiger partial charge in [-0.05, 0) is 23.6 Å². The summed E-state index contributed by atoms with van der Waals surface area (Å²) >= 11 is 0. The van der Waals surface area contributed by atoms with Crippen LogP contribution in [0.25, 0.3) is 21.7 Å². The van der Waals surface area contributed by atoms with Gasteiger partial charge in [0.2, 0.25) is 5.91 Å². The normalized spacial score (nSPS) is 11.1. The molecule has 3 rings (SSSR count). The van der Waals surface area contributed by atoms with Crippen LogP contribution in [0.5, 0.6) is 0 Å². The van der Waals surface area contributed by atoms with E-state index in [0.717, 1.165) is 22.9 Å². The first-order chi connectivity index (χ1) is 11.0. The van der Waals surface area contributed by atoms with Crippen LogP contribution in [0.2, 0.25) is 0 Å². The Bertz CT molecular complexity index is 1020. The van der Waals surface area contributed by atoms with Crippen LogP contribution in [-0.4, -0.2) is 17.0 Å². The summed E-state index contributed by atoms with van der Waals surface area (Å²) in [4.78, 5) is 33.9. The molecule has 0 saturated carbocycles. The maximum Gasteiger partial charge on any atom is 0.344 e. The van der Waals surface area contributed by atoms with Gasteiger partial charge in [-0.25, -0.2) is 9.59 Å². The molecule has 0 aliphatic rings. The smallest absolute Gasteiger partial charge is 0.344 e. The van der Waals surface area contributed by atoms with Crippen molar-refractivity contribution in [3.8, 4) is 0 Å². The van der Waals surface area contributed by atoms with Crippen LogP contribution < -0.4 is 10.9 Å². The molecule has 2 N–H and O–H groups in total. The Kier molecular flexibility index (Phi) is 3.64. The molecule has 114 valence electrons. The van der Waals surface area contributed by atoms with Crippen molar-refractivity contribution >= 4 is 39.3 Å². The van der Waals surface area contributed by atoms with Crippen LogP contribution in [0.1, 0.15) is 0 Å². The van der Waals surface area contributed by atoms with Crippen molar-refractivity contribution in [3.63, 3.8) is 0 Å². The summed E-state index contributed by atoms with van der Waals surface area (Å²) in [6.45, 7) is 0. The predicted molar refractivity (Wildman–Crippen MR) is 85.4 cm³/mol. The number of rotatable bonds is 3. The fraction of sp³-hybridized carbons (Fsp3) is 0. The van der Waals surface area contributed by atoms with Gasteiger partial charge in [-0.2, -0.15) is 0 Å². The highest BCUT2D eigenvalue weighted by Gasteiger charge is 2.08. The van der Waals surface area contributed by atoms with Gasteiger partial charge in [0.05, 0.1) is 5.39 Å².